The zero-order chi connectivity index (χ0) is 18.5. The molecular formula is C21H19N3OS. The Hall–Kier alpha value is -3.10. The molecule has 1 heterocycles. The second-order valence-corrected chi connectivity index (χ2v) is 6.74. The van der Waals surface area contributed by atoms with Gasteiger partial charge in [-0.25, -0.2) is 4.98 Å². The monoisotopic (exact) mass is 361 g/mol. The van der Waals surface area contributed by atoms with Gasteiger partial charge in [0.15, 0.2) is 0 Å². The number of benzene rings is 2. The van der Waals surface area contributed by atoms with E-state index in [1.807, 2.05) is 29.6 Å². The predicted octanol–water partition coefficient (Wildman–Crippen LogP) is 5.41. The molecule has 0 bridgehead atoms. The van der Waals surface area contributed by atoms with E-state index in [1.165, 1.54) is 22.5 Å². The Balaban J connectivity index is 1.83. The van der Waals surface area contributed by atoms with Gasteiger partial charge in [-0.1, -0.05) is 18.2 Å². The van der Waals surface area contributed by atoms with Crippen molar-refractivity contribution in [2.24, 2.45) is 0 Å². The SMILES string of the molecule is COc1cccc(N/C=C(/C#N)c2nc(-c3ccc(C)c(C)c3)cs2)c1. The summed E-state index contributed by atoms with van der Waals surface area (Å²) in [7, 11) is 1.62. The minimum absolute atomic E-state index is 0.493. The molecule has 5 heteroatoms. The number of hydrogen-bond donors (Lipinski definition) is 1. The number of nitrogens with zero attached hydrogens (tertiary/aromatic N) is 2. The lowest BCUT2D eigenvalue weighted by atomic mass is 10.1. The third kappa shape index (κ3) is 3.93. The first-order valence-corrected chi connectivity index (χ1v) is 9.03. The van der Waals surface area contributed by atoms with E-state index < -0.39 is 0 Å². The van der Waals surface area contributed by atoms with Crippen LogP contribution >= 0.6 is 11.3 Å². The molecule has 0 saturated heterocycles. The van der Waals surface area contributed by atoms with Crippen LogP contribution in [-0.2, 0) is 0 Å². The summed E-state index contributed by atoms with van der Waals surface area (Å²) in [5, 5.41) is 15.3. The Morgan fingerprint density at radius 1 is 1.19 bits per heavy atom. The first kappa shape index (κ1) is 17.7. The molecule has 0 amide bonds. The maximum absolute atomic E-state index is 9.50. The summed E-state index contributed by atoms with van der Waals surface area (Å²) in [5.41, 5.74) is 5.78. The largest absolute Gasteiger partial charge is 0.497 e. The van der Waals surface area contributed by atoms with Crippen LogP contribution in [0.1, 0.15) is 16.1 Å². The zero-order valence-corrected chi connectivity index (χ0v) is 15.7. The highest BCUT2D eigenvalue weighted by Crippen LogP contribution is 2.27. The van der Waals surface area contributed by atoms with Crippen LogP contribution in [0.5, 0.6) is 5.75 Å². The number of methoxy groups -OCH3 is 1. The lowest BCUT2D eigenvalue weighted by Gasteiger charge is -2.04. The molecule has 0 aliphatic rings. The molecule has 3 aromatic rings. The van der Waals surface area contributed by atoms with E-state index in [2.05, 4.69) is 48.4 Å². The van der Waals surface area contributed by atoms with Crippen molar-refractivity contribution in [3.63, 3.8) is 0 Å². The lowest BCUT2D eigenvalue weighted by molar-refractivity contribution is 0.415. The molecule has 1 aromatic heterocycles. The van der Waals surface area contributed by atoms with Crippen LogP contribution in [0.25, 0.3) is 16.8 Å². The zero-order valence-electron chi connectivity index (χ0n) is 14.9. The van der Waals surface area contributed by atoms with Gasteiger partial charge in [0.1, 0.15) is 22.4 Å². The van der Waals surface area contributed by atoms with E-state index in [1.54, 1.807) is 13.3 Å². The Kier molecular flexibility index (Phi) is 5.35. The number of allylic oxidation sites excluding steroid dienone is 1. The van der Waals surface area contributed by atoms with Gasteiger partial charge in [0.25, 0.3) is 0 Å². The number of hydrogen-bond acceptors (Lipinski definition) is 5. The van der Waals surface area contributed by atoms with Gasteiger partial charge < -0.3 is 10.1 Å². The van der Waals surface area contributed by atoms with Crippen LogP contribution in [0, 0.1) is 25.2 Å². The molecule has 0 radical (unpaired) electrons. The first-order valence-electron chi connectivity index (χ1n) is 8.15. The van der Waals surface area contributed by atoms with Crippen molar-refractivity contribution in [3.05, 3.63) is 70.2 Å². The third-order valence-corrected chi connectivity index (χ3v) is 4.99. The molecule has 3 rings (SSSR count). The fourth-order valence-electron chi connectivity index (χ4n) is 2.44. The number of aryl methyl sites for hydroxylation is 2. The van der Waals surface area contributed by atoms with Gasteiger partial charge in [0.2, 0.25) is 0 Å². The Labute approximate surface area is 157 Å². The topological polar surface area (TPSA) is 57.9 Å². The molecule has 0 atom stereocenters. The molecule has 130 valence electrons. The van der Waals surface area contributed by atoms with Gasteiger partial charge in [0.05, 0.1) is 12.8 Å². The minimum atomic E-state index is 0.493. The quantitative estimate of drug-likeness (QED) is 0.617. The number of ether oxygens (including phenoxy) is 1. The molecule has 0 fully saturated rings. The van der Waals surface area contributed by atoms with Crippen LogP contribution in [0.4, 0.5) is 5.69 Å². The number of aromatic nitrogens is 1. The van der Waals surface area contributed by atoms with Gasteiger partial charge >= 0.3 is 0 Å². The Morgan fingerprint density at radius 3 is 2.77 bits per heavy atom. The van der Waals surface area contributed by atoms with Gasteiger partial charge in [-0.15, -0.1) is 11.3 Å². The van der Waals surface area contributed by atoms with E-state index in [-0.39, 0.29) is 0 Å². The number of anilines is 1. The highest BCUT2D eigenvalue weighted by Gasteiger charge is 2.09. The molecule has 0 aliphatic heterocycles. The van der Waals surface area contributed by atoms with E-state index in [0.29, 0.717) is 10.6 Å². The van der Waals surface area contributed by atoms with Crippen LogP contribution in [-0.4, -0.2) is 12.1 Å². The summed E-state index contributed by atoms with van der Waals surface area (Å²) in [4.78, 5) is 4.63. The summed E-state index contributed by atoms with van der Waals surface area (Å²) in [5.74, 6) is 0.758. The smallest absolute Gasteiger partial charge is 0.136 e. The van der Waals surface area contributed by atoms with Crippen molar-refractivity contribution in [3.8, 4) is 23.1 Å². The average Bonchev–Trinajstić information content (AvgIpc) is 3.14. The Morgan fingerprint density at radius 2 is 2.04 bits per heavy atom. The van der Waals surface area contributed by atoms with Crippen LogP contribution < -0.4 is 10.1 Å². The molecule has 0 saturated carbocycles. The molecule has 0 spiro atoms. The standard InChI is InChI=1S/C21H19N3OS/c1-14-7-8-16(9-15(14)2)20-13-26-21(24-20)17(11-22)12-23-18-5-4-6-19(10-18)25-3/h4-10,12-13,23H,1-3H3/b17-12-. The number of rotatable bonds is 5. The van der Waals surface area contributed by atoms with E-state index in [9.17, 15) is 5.26 Å². The maximum Gasteiger partial charge on any atom is 0.136 e. The molecule has 2 aromatic carbocycles. The van der Waals surface area contributed by atoms with Gasteiger partial charge in [-0.2, -0.15) is 5.26 Å². The van der Waals surface area contributed by atoms with Crippen molar-refractivity contribution >= 4 is 22.6 Å². The second-order valence-electron chi connectivity index (χ2n) is 5.88. The first-order chi connectivity index (χ1) is 12.6. The number of thiazole rings is 1. The third-order valence-electron chi connectivity index (χ3n) is 4.11. The van der Waals surface area contributed by atoms with E-state index in [0.717, 1.165) is 22.7 Å². The summed E-state index contributed by atoms with van der Waals surface area (Å²) in [6.45, 7) is 4.18. The van der Waals surface area contributed by atoms with Gasteiger partial charge in [0, 0.05) is 28.9 Å². The predicted molar refractivity (Wildman–Crippen MR) is 107 cm³/mol. The molecule has 0 aliphatic carbocycles. The summed E-state index contributed by atoms with van der Waals surface area (Å²) in [6.07, 6.45) is 1.68. The number of nitriles is 1. The minimum Gasteiger partial charge on any atom is -0.497 e. The molecule has 4 nitrogen and oxygen atoms in total. The highest BCUT2D eigenvalue weighted by atomic mass is 32.1. The van der Waals surface area contributed by atoms with Gasteiger partial charge in [-0.3, -0.25) is 0 Å². The maximum atomic E-state index is 9.50. The normalized spacial score (nSPS) is 11.1. The fourth-order valence-corrected chi connectivity index (χ4v) is 3.24. The van der Waals surface area contributed by atoms with Gasteiger partial charge in [-0.05, 0) is 43.2 Å². The second kappa shape index (κ2) is 7.85. The summed E-state index contributed by atoms with van der Waals surface area (Å²) in [6, 6.07) is 16.0. The molecule has 26 heavy (non-hydrogen) atoms. The highest BCUT2D eigenvalue weighted by molar-refractivity contribution is 7.11. The van der Waals surface area contributed by atoms with E-state index in [4.69, 9.17) is 4.74 Å². The summed E-state index contributed by atoms with van der Waals surface area (Å²) < 4.78 is 5.21. The van der Waals surface area contributed by atoms with Crippen molar-refractivity contribution in [2.45, 2.75) is 13.8 Å². The average molecular weight is 361 g/mol. The molecular weight excluding hydrogens is 342 g/mol. The van der Waals surface area contributed by atoms with Crippen molar-refractivity contribution in [1.29, 1.82) is 5.26 Å². The fraction of sp³-hybridized carbons (Fsp3) is 0.143. The Bertz CT molecular complexity index is 998. The van der Waals surface area contributed by atoms with Crippen LogP contribution in [0.2, 0.25) is 0 Å². The number of nitrogens with one attached hydrogen (secondary N) is 1. The van der Waals surface area contributed by atoms with E-state index >= 15 is 0 Å². The van der Waals surface area contributed by atoms with Crippen molar-refractivity contribution < 1.29 is 4.74 Å². The summed E-state index contributed by atoms with van der Waals surface area (Å²) >= 11 is 1.46. The van der Waals surface area contributed by atoms with Crippen molar-refractivity contribution in [2.75, 3.05) is 12.4 Å². The molecule has 1 N–H and O–H groups in total. The van der Waals surface area contributed by atoms with Crippen LogP contribution in [0.3, 0.4) is 0 Å². The lowest BCUT2D eigenvalue weighted by Crippen LogP contribution is -1.92. The molecule has 0 unspecified atom stereocenters. The van der Waals surface area contributed by atoms with Crippen molar-refractivity contribution in [1.82, 2.24) is 4.98 Å². The van der Waals surface area contributed by atoms with Crippen LogP contribution in [0.15, 0.2) is 54.0 Å².